The second-order valence-electron chi connectivity index (χ2n) is 7.90. The van der Waals surface area contributed by atoms with Crippen molar-refractivity contribution in [3.8, 4) is 11.5 Å². The summed E-state index contributed by atoms with van der Waals surface area (Å²) in [5, 5.41) is 14.1. The number of aliphatic hydroxyl groups excluding tert-OH is 1. The molecule has 1 aliphatic carbocycles. The van der Waals surface area contributed by atoms with Gasteiger partial charge in [-0.15, -0.1) is 0 Å². The molecule has 6 heteroatoms. The molecule has 1 aliphatic heterocycles. The first-order valence-corrected chi connectivity index (χ1v) is 10.8. The van der Waals surface area contributed by atoms with Gasteiger partial charge >= 0.3 is 0 Å². The Morgan fingerprint density at radius 1 is 1.18 bits per heavy atom. The van der Waals surface area contributed by atoms with E-state index in [2.05, 4.69) is 16.3 Å². The van der Waals surface area contributed by atoms with Crippen molar-refractivity contribution in [3.05, 3.63) is 23.8 Å². The van der Waals surface area contributed by atoms with E-state index in [1.165, 1.54) is 38.5 Å². The highest BCUT2D eigenvalue weighted by Gasteiger charge is 2.18. The smallest absolute Gasteiger partial charge is 0.165 e. The lowest BCUT2D eigenvalue weighted by Gasteiger charge is -2.28. The van der Waals surface area contributed by atoms with E-state index in [0.29, 0.717) is 12.6 Å². The van der Waals surface area contributed by atoms with Gasteiger partial charge < -0.3 is 24.6 Å². The maximum atomic E-state index is 10.4. The van der Waals surface area contributed by atoms with E-state index in [0.717, 1.165) is 49.9 Å². The molecule has 0 bridgehead atoms. The molecule has 1 saturated heterocycles. The minimum atomic E-state index is -0.536. The van der Waals surface area contributed by atoms with E-state index in [-0.39, 0.29) is 6.61 Å². The Balaban J connectivity index is 1.55. The second kappa shape index (κ2) is 11.6. The summed E-state index contributed by atoms with van der Waals surface area (Å²) in [5.74, 6) is 1.46. The van der Waals surface area contributed by atoms with E-state index in [1.807, 2.05) is 12.1 Å². The number of nitrogens with zero attached hydrogens (tertiary/aromatic N) is 1. The van der Waals surface area contributed by atoms with Crippen molar-refractivity contribution in [2.45, 2.75) is 57.2 Å². The van der Waals surface area contributed by atoms with Crippen LogP contribution in [-0.2, 0) is 11.3 Å². The van der Waals surface area contributed by atoms with E-state index in [9.17, 15) is 5.11 Å². The summed E-state index contributed by atoms with van der Waals surface area (Å²) in [6, 6.07) is 6.57. The number of methoxy groups -OCH3 is 1. The number of para-hydroxylation sites is 1. The van der Waals surface area contributed by atoms with Crippen LogP contribution in [0, 0.1) is 0 Å². The Kier molecular flexibility index (Phi) is 8.86. The average molecular weight is 393 g/mol. The van der Waals surface area contributed by atoms with Crippen LogP contribution in [0.3, 0.4) is 0 Å². The summed E-state index contributed by atoms with van der Waals surface area (Å²) < 4.78 is 16.9. The fourth-order valence-corrected chi connectivity index (χ4v) is 4.08. The molecule has 0 unspecified atom stereocenters. The predicted octanol–water partition coefficient (Wildman–Crippen LogP) is 2.58. The Morgan fingerprint density at radius 2 is 1.93 bits per heavy atom. The molecule has 3 rings (SSSR count). The fraction of sp³-hybridized carbons (Fsp3) is 0.727. The number of nitrogens with one attached hydrogen (secondary N) is 1. The Bertz CT molecular complexity index is 570. The first-order valence-electron chi connectivity index (χ1n) is 10.8. The Morgan fingerprint density at radius 3 is 2.64 bits per heavy atom. The first kappa shape index (κ1) is 21.4. The number of benzene rings is 1. The van der Waals surface area contributed by atoms with Crippen molar-refractivity contribution in [1.29, 1.82) is 0 Å². The summed E-state index contributed by atoms with van der Waals surface area (Å²) >= 11 is 0. The van der Waals surface area contributed by atoms with Gasteiger partial charge in [-0.1, -0.05) is 37.8 Å². The number of ether oxygens (including phenoxy) is 3. The van der Waals surface area contributed by atoms with Crippen molar-refractivity contribution >= 4 is 0 Å². The molecule has 0 spiro atoms. The van der Waals surface area contributed by atoms with Gasteiger partial charge in [-0.05, 0) is 18.9 Å². The van der Waals surface area contributed by atoms with Crippen LogP contribution >= 0.6 is 0 Å². The first-order chi connectivity index (χ1) is 13.8. The topological polar surface area (TPSA) is 63.2 Å². The number of hydrogen-bond acceptors (Lipinski definition) is 6. The molecule has 158 valence electrons. The van der Waals surface area contributed by atoms with Crippen molar-refractivity contribution in [1.82, 2.24) is 10.2 Å². The molecule has 1 saturated carbocycles. The van der Waals surface area contributed by atoms with Gasteiger partial charge in [0.15, 0.2) is 11.5 Å². The van der Waals surface area contributed by atoms with E-state index in [1.54, 1.807) is 7.11 Å². The van der Waals surface area contributed by atoms with E-state index < -0.39 is 6.10 Å². The standard InChI is InChI=1S/C22H36N2O4/c1-26-21-10-6-7-18(15-23-19-8-4-2-3-5-9-19)22(21)28-17-20(25)16-24-11-13-27-14-12-24/h6-7,10,19-20,23,25H,2-5,8-9,11-17H2,1H3/t20-/m0/s1. The number of morpholine rings is 1. The number of hydrogen-bond donors (Lipinski definition) is 2. The summed E-state index contributed by atoms with van der Waals surface area (Å²) in [5.41, 5.74) is 1.09. The van der Waals surface area contributed by atoms with Crippen molar-refractivity contribution in [2.24, 2.45) is 0 Å². The minimum Gasteiger partial charge on any atom is -0.493 e. The summed E-state index contributed by atoms with van der Waals surface area (Å²) in [4.78, 5) is 2.22. The molecule has 1 atom stereocenters. The van der Waals surface area contributed by atoms with Crippen LogP contribution in [0.1, 0.15) is 44.1 Å². The molecule has 1 aromatic carbocycles. The van der Waals surface area contributed by atoms with Gasteiger partial charge in [0.25, 0.3) is 0 Å². The van der Waals surface area contributed by atoms with Crippen molar-refractivity contribution < 1.29 is 19.3 Å². The maximum absolute atomic E-state index is 10.4. The van der Waals surface area contributed by atoms with Crippen LogP contribution in [0.2, 0.25) is 0 Å². The van der Waals surface area contributed by atoms with E-state index >= 15 is 0 Å². The Labute approximate surface area is 169 Å². The van der Waals surface area contributed by atoms with Gasteiger partial charge in [0.05, 0.1) is 20.3 Å². The highest BCUT2D eigenvalue weighted by atomic mass is 16.5. The zero-order valence-corrected chi connectivity index (χ0v) is 17.2. The lowest BCUT2D eigenvalue weighted by molar-refractivity contribution is 0.00435. The normalized spacial score (nSPS) is 20.5. The van der Waals surface area contributed by atoms with Crippen LogP contribution in [0.4, 0.5) is 0 Å². The SMILES string of the molecule is COc1cccc(CNC2CCCCCC2)c1OC[C@@H](O)CN1CCOCC1. The molecule has 1 heterocycles. The molecule has 28 heavy (non-hydrogen) atoms. The lowest BCUT2D eigenvalue weighted by atomic mass is 10.1. The molecule has 2 fully saturated rings. The third kappa shape index (κ3) is 6.62. The molecule has 2 N–H and O–H groups in total. The number of aliphatic hydroxyl groups is 1. The van der Waals surface area contributed by atoms with Gasteiger partial charge in [0, 0.05) is 37.8 Å². The van der Waals surface area contributed by atoms with Crippen LogP contribution in [-0.4, -0.2) is 68.7 Å². The zero-order valence-electron chi connectivity index (χ0n) is 17.2. The molecule has 1 aromatic rings. The molecule has 0 radical (unpaired) electrons. The van der Waals surface area contributed by atoms with Crippen LogP contribution in [0.25, 0.3) is 0 Å². The highest BCUT2D eigenvalue weighted by Crippen LogP contribution is 2.31. The van der Waals surface area contributed by atoms with Crippen molar-refractivity contribution in [3.63, 3.8) is 0 Å². The van der Waals surface area contributed by atoms with E-state index in [4.69, 9.17) is 14.2 Å². The second-order valence-corrected chi connectivity index (χ2v) is 7.90. The Hall–Kier alpha value is -1.34. The van der Waals surface area contributed by atoms with Crippen LogP contribution < -0.4 is 14.8 Å². The third-order valence-electron chi connectivity index (χ3n) is 5.71. The molecule has 6 nitrogen and oxygen atoms in total. The predicted molar refractivity (Wildman–Crippen MR) is 110 cm³/mol. The number of β-amino-alcohol motifs (C(OH)–C–C–N with tert-alkyl or cyclic N) is 1. The van der Waals surface area contributed by atoms with Gasteiger partial charge in [0.1, 0.15) is 12.7 Å². The monoisotopic (exact) mass is 392 g/mol. The van der Waals surface area contributed by atoms with Crippen LogP contribution in [0.15, 0.2) is 18.2 Å². The molecule has 2 aliphatic rings. The van der Waals surface area contributed by atoms with Crippen molar-refractivity contribution in [2.75, 3.05) is 46.6 Å². The summed E-state index contributed by atoms with van der Waals surface area (Å²) in [6.45, 7) is 4.82. The number of rotatable bonds is 9. The highest BCUT2D eigenvalue weighted by molar-refractivity contribution is 5.46. The third-order valence-corrected chi connectivity index (χ3v) is 5.71. The quantitative estimate of drug-likeness (QED) is 0.630. The molecular weight excluding hydrogens is 356 g/mol. The van der Waals surface area contributed by atoms with Gasteiger partial charge in [-0.25, -0.2) is 0 Å². The van der Waals surface area contributed by atoms with Gasteiger partial charge in [-0.2, -0.15) is 0 Å². The minimum absolute atomic E-state index is 0.258. The fourth-order valence-electron chi connectivity index (χ4n) is 4.08. The lowest BCUT2D eigenvalue weighted by Crippen LogP contribution is -2.42. The summed E-state index contributed by atoms with van der Waals surface area (Å²) in [7, 11) is 1.66. The largest absolute Gasteiger partial charge is 0.493 e. The molecule has 0 aromatic heterocycles. The zero-order chi connectivity index (χ0) is 19.6. The average Bonchev–Trinajstić information content (AvgIpc) is 3.00. The van der Waals surface area contributed by atoms with Gasteiger partial charge in [-0.3, -0.25) is 4.90 Å². The maximum Gasteiger partial charge on any atom is 0.165 e. The summed E-state index contributed by atoms with van der Waals surface area (Å²) in [6.07, 6.45) is 7.29. The van der Waals surface area contributed by atoms with Gasteiger partial charge in [0.2, 0.25) is 0 Å². The molecular formula is C22H36N2O4. The van der Waals surface area contributed by atoms with Crippen LogP contribution in [0.5, 0.6) is 11.5 Å². The molecule has 0 amide bonds.